The van der Waals surface area contributed by atoms with Gasteiger partial charge in [-0.1, -0.05) is 6.92 Å². The van der Waals surface area contributed by atoms with Crippen LogP contribution in [0, 0.1) is 6.92 Å². The van der Waals surface area contributed by atoms with E-state index in [-0.39, 0.29) is 35.5 Å². The largest absolute Gasteiger partial charge is 2.00 e. The normalized spacial score (nSPS) is 8.08. The molecule has 1 rings (SSSR count). The summed E-state index contributed by atoms with van der Waals surface area (Å²) < 4.78 is 5.40. The van der Waals surface area contributed by atoms with Crippen LogP contribution in [-0.4, -0.2) is 29.7 Å². The maximum absolute atomic E-state index is 5.40. The Hall–Kier alpha value is -0.0538. The third-order valence-electron chi connectivity index (χ3n) is 1.37. The minimum absolute atomic E-state index is 0. The maximum Gasteiger partial charge on any atom is 2.00 e. The van der Waals surface area contributed by atoms with E-state index < -0.39 is 0 Å². The van der Waals surface area contributed by atoms with Crippen molar-refractivity contribution in [2.75, 3.05) is 6.61 Å². The van der Waals surface area contributed by atoms with Gasteiger partial charge >= 0.3 is 23.1 Å². The Morgan fingerprint density at radius 2 is 2.08 bits per heavy atom. The fourth-order valence-electron chi connectivity index (χ4n) is 0.855. The first-order valence-electron chi connectivity index (χ1n) is 3.87. The Morgan fingerprint density at radius 3 is 2.62 bits per heavy atom. The van der Waals surface area contributed by atoms with E-state index in [4.69, 9.17) is 4.74 Å². The molecule has 0 bridgehead atoms. The molecule has 1 aromatic carbocycles. The molecule has 0 radical (unpaired) electrons. The second-order valence-corrected chi connectivity index (χ2v) is 2.50. The van der Waals surface area contributed by atoms with Crippen molar-refractivity contribution in [1.82, 2.24) is 0 Å². The standard InChI is InChI=1S/C10H13O.ClH.Mg/c1-3-7-11-10-6-4-5-9(2)8-10;;/h4-6,8H,2-3,7H2,1H3;1H;/q-1;;+2/p-1. The van der Waals surface area contributed by atoms with Gasteiger partial charge in [0.05, 0.1) is 12.4 Å². The number of hydrogen-bond donors (Lipinski definition) is 0. The summed E-state index contributed by atoms with van der Waals surface area (Å²) in [7, 11) is 0. The summed E-state index contributed by atoms with van der Waals surface area (Å²) in [6.45, 7) is 6.68. The van der Waals surface area contributed by atoms with E-state index in [0.29, 0.717) is 0 Å². The van der Waals surface area contributed by atoms with Crippen molar-refractivity contribution in [2.24, 2.45) is 0 Å². The maximum atomic E-state index is 5.40. The first-order chi connectivity index (χ1) is 5.33. The third kappa shape index (κ3) is 6.08. The molecule has 0 aliphatic heterocycles. The SMILES string of the molecule is [CH2-]c1cccc(OCCC)c1.[Cl-].[Mg+2]. The van der Waals surface area contributed by atoms with Crippen LogP contribution in [-0.2, 0) is 0 Å². The molecule has 1 aromatic rings. The van der Waals surface area contributed by atoms with Crippen LogP contribution in [0.25, 0.3) is 0 Å². The van der Waals surface area contributed by atoms with Crippen LogP contribution in [0.2, 0.25) is 0 Å². The topological polar surface area (TPSA) is 9.23 Å². The zero-order valence-electron chi connectivity index (χ0n) is 7.92. The zero-order valence-corrected chi connectivity index (χ0v) is 10.1. The minimum Gasteiger partial charge on any atom is -1.00 e. The summed E-state index contributed by atoms with van der Waals surface area (Å²) >= 11 is 0. The van der Waals surface area contributed by atoms with Gasteiger partial charge in [-0.05, 0) is 12.5 Å². The van der Waals surface area contributed by atoms with Crippen molar-refractivity contribution in [1.29, 1.82) is 0 Å². The van der Waals surface area contributed by atoms with E-state index in [1.807, 2.05) is 24.3 Å². The summed E-state index contributed by atoms with van der Waals surface area (Å²) in [5, 5.41) is 0. The molecule has 0 aliphatic rings. The minimum atomic E-state index is 0. The summed E-state index contributed by atoms with van der Waals surface area (Å²) in [5.74, 6) is 0.916. The van der Waals surface area contributed by atoms with Crippen LogP contribution in [0.5, 0.6) is 5.75 Å². The van der Waals surface area contributed by atoms with Crippen molar-refractivity contribution in [3.63, 3.8) is 0 Å². The van der Waals surface area contributed by atoms with Gasteiger partial charge in [-0.25, -0.2) is 0 Å². The Morgan fingerprint density at radius 1 is 1.38 bits per heavy atom. The number of halogens is 1. The molecule has 0 atom stereocenters. The van der Waals surface area contributed by atoms with E-state index in [1.54, 1.807) is 0 Å². The molecule has 0 aliphatic carbocycles. The number of benzene rings is 1. The molecule has 0 fully saturated rings. The fraction of sp³-hybridized carbons (Fsp3) is 0.300. The molecule has 0 unspecified atom stereocenters. The van der Waals surface area contributed by atoms with Crippen LogP contribution >= 0.6 is 0 Å². The van der Waals surface area contributed by atoms with Gasteiger partial charge < -0.3 is 17.1 Å². The van der Waals surface area contributed by atoms with Gasteiger partial charge in [0, 0.05) is 0 Å². The van der Waals surface area contributed by atoms with Crippen molar-refractivity contribution in [3.8, 4) is 5.75 Å². The number of rotatable bonds is 3. The van der Waals surface area contributed by atoms with Gasteiger partial charge in [-0.15, -0.1) is 12.1 Å². The van der Waals surface area contributed by atoms with Crippen LogP contribution in [0.1, 0.15) is 18.9 Å². The molecule has 0 spiro atoms. The Kier molecular flexibility index (Phi) is 10.1. The average Bonchev–Trinajstić information content (AvgIpc) is 2.01. The fourth-order valence-corrected chi connectivity index (χ4v) is 0.855. The molecule has 0 saturated carbocycles. The Balaban J connectivity index is 0. The molecule has 0 amide bonds. The quantitative estimate of drug-likeness (QED) is 0.471. The molecule has 3 heteroatoms. The number of ether oxygens (including phenoxy) is 1. The van der Waals surface area contributed by atoms with Gasteiger partial charge in [0.15, 0.2) is 0 Å². The summed E-state index contributed by atoms with van der Waals surface area (Å²) in [5.41, 5.74) is 0.999. The number of hydrogen-bond acceptors (Lipinski definition) is 1. The van der Waals surface area contributed by atoms with E-state index in [9.17, 15) is 0 Å². The van der Waals surface area contributed by atoms with Crippen molar-refractivity contribution in [2.45, 2.75) is 13.3 Å². The van der Waals surface area contributed by atoms with Crippen LogP contribution in [0.3, 0.4) is 0 Å². The first-order valence-corrected chi connectivity index (χ1v) is 3.87. The predicted molar refractivity (Wildman–Crippen MR) is 52.4 cm³/mol. The van der Waals surface area contributed by atoms with Gasteiger partial charge in [0.1, 0.15) is 0 Å². The van der Waals surface area contributed by atoms with E-state index in [0.717, 1.165) is 24.3 Å². The molecule has 13 heavy (non-hydrogen) atoms. The molecule has 1 nitrogen and oxygen atoms in total. The second kappa shape index (κ2) is 8.54. The van der Waals surface area contributed by atoms with E-state index in [1.165, 1.54) is 0 Å². The van der Waals surface area contributed by atoms with Gasteiger partial charge in [-0.3, -0.25) is 0 Å². The van der Waals surface area contributed by atoms with Crippen LogP contribution < -0.4 is 17.1 Å². The predicted octanol–water partition coefficient (Wildman–Crippen LogP) is -0.719. The van der Waals surface area contributed by atoms with Crippen LogP contribution in [0.15, 0.2) is 24.3 Å². The summed E-state index contributed by atoms with van der Waals surface area (Å²) in [4.78, 5) is 0. The Labute approximate surface area is 102 Å². The smallest absolute Gasteiger partial charge is 1.00 e. The van der Waals surface area contributed by atoms with E-state index >= 15 is 0 Å². The van der Waals surface area contributed by atoms with Gasteiger partial charge in [0.25, 0.3) is 0 Å². The van der Waals surface area contributed by atoms with Gasteiger partial charge in [0.2, 0.25) is 0 Å². The molecule has 0 saturated heterocycles. The molecule has 0 N–H and O–H groups in total. The van der Waals surface area contributed by atoms with Gasteiger partial charge in [-0.2, -0.15) is 18.6 Å². The Bertz CT molecular complexity index is 228. The first kappa shape index (κ1) is 15.4. The van der Waals surface area contributed by atoms with Crippen molar-refractivity contribution < 1.29 is 17.1 Å². The second-order valence-electron chi connectivity index (χ2n) is 2.50. The van der Waals surface area contributed by atoms with Crippen molar-refractivity contribution >= 4 is 23.1 Å². The zero-order chi connectivity index (χ0) is 8.10. The monoisotopic (exact) mass is 208 g/mol. The van der Waals surface area contributed by atoms with E-state index in [2.05, 4.69) is 13.8 Å². The molecular weight excluding hydrogens is 196 g/mol. The van der Waals surface area contributed by atoms with Crippen LogP contribution in [0.4, 0.5) is 0 Å². The average molecular weight is 209 g/mol. The molecule has 0 aromatic heterocycles. The molecule has 0 heterocycles. The summed E-state index contributed by atoms with van der Waals surface area (Å²) in [6.07, 6.45) is 1.04. The molecular formula is C10H13ClMgO. The van der Waals surface area contributed by atoms with Crippen molar-refractivity contribution in [3.05, 3.63) is 36.8 Å². The third-order valence-corrected chi connectivity index (χ3v) is 1.37. The molecule has 68 valence electrons. The summed E-state index contributed by atoms with van der Waals surface area (Å²) in [6, 6.07) is 7.80.